The molecule has 0 saturated carbocycles. The van der Waals surface area contributed by atoms with Gasteiger partial charge in [-0.05, 0) is 30.7 Å². The van der Waals surface area contributed by atoms with Gasteiger partial charge in [0.2, 0.25) is 0 Å². The van der Waals surface area contributed by atoms with Crippen molar-refractivity contribution in [2.24, 2.45) is 0 Å². The zero-order valence-corrected chi connectivity index (χ0v) is 13.2. The van der Waals surface area contributed by atoms with Gasteiger partial charge in [0.15, 0.2) is 5.15 Å². The first kappa shape index (κ1) is 15.6. The van der Waals surface area contributed by atoms with Crippen molar-refractivity contribution in [1.29, 1.82) is 0 Å². The molecule has 0 aliphatic heterocycles. The van der Waals surface area contributed by atoms with Gasteiger partial charge in [0, 0.05) is 18.3 Å². The summed E-state index contributed by atoms with van der Waals surface area (Å²) in [5.41, 5.74) is 1.36. The van der Waals surface area contributed by atoms with E-state index in [4.69, 9.17) is 23.2 Å². The average molecular weight is 324 g/mol. The number of aromatic nitrogens is 1. The summed E-state index contributed by atoms with van der Waals surface area (Å²) < 4.78 is 0. The van der Waals surface area contributed by atoms with Crippen LogP contribution in [-0.2, 0) is 0 Å². The molecule has 2 amide bonds. The maximum Gasteiger partial charge on any atom is 0.322 e. The number of benzene rings is 1. The molecule has 1 N–H and O–H groups in total. The normalized spacial score (nSPS) is 11.8. The monoisotopic (exact) mass is 323 g/mol. The third kappa shape index (κ3) is 3.65. The lowest BCUT2D eigenvalue weighted by Gasteiger charge is -2.26. The number of hydrogen-bond donors (Lipinski definition) is 1. The molecule has 0 bridgehead atoms. The second-order valence-electron chi connectivity index (χ2n) is 4.58. The van der Waals surface area contributed by atoms with E-state index in [2.05, 4.69) is 10.3 Å². The molecule has 0 spiro atoms. The highest BCUT2D eigenvalue weighted by Gasteiger charge is 2.19. The van der Waals surface area contributed by atoms with Crippen LogP contribution in [0.25, 0.3) is 0 Å². The number of urea groups is 1. The van der Waals surface area contributed by atoms with Crippen LogP contribution in [0.15, 0.2) is 42.6 Å². The van der Waals surface area contributed by atoms with Crippen molar-refractivity contribution in [3.63, 3.8) is 0 Å². The number of nitrogens with one attached hydrogen (secondary N) is 1. The van der Waals surface area contributed by atoms with Crippen molar-refractivity contribution in [3.8, 4) is 0 Å². The van der Waals surface area contributed by atoms with Crippen molar-refractivity contribution >= 4 is 34.9 Å². The fourth-order valence-electron chi connectivity index (χ4n) is 1.88. The van der Waals surface area contributed by atoms with Crippen LogP contribution in [0, 0.1) is 0 Å². The number of anilines is 1. The third-order valence-corrected chi connectivity index (χ3v) is 3.90. The van der Waals surface area contributed by atoms with Gasteiger partial charge in [-0.15, -0.1) is 0 Å². The zero-order chi connectivity index (χ0) is 15.4. The molecule has 0 aliphatic carbocycles. The van der Waals surface area contributed by atoms with Crippen LogP contribution in [0.1, 0.15) is 18.5 Å². The summed E-state index contributed by atoms with van der Waals surface area (Å²) in [5.74, 6) is 0. The van der Waals surface area contributed by atoms with Crippen molar-refractivity contribution < 1.29 is 4.79 Å². The summed E-state index contributed by atoms with van der Waals surface area (Å²) in [6.07, 6.45) is 1.56. The van der Waals surface area contributed by atoms with Crippen LogP contribution in [-0.4, -0.2) is 23.0 Å². The lowest BCUT2D eigenvalue weighted by atomic mass is 10.1. The van der Waals surface area contributed by atoms with E-state index in [-0.39, 0.29) is 17.2 Å². The Balaban J connectivity index is 2.13. The van der Waals surface area contributed by atoms with Crippen molar-refractivity contribution in [1.82, 2.24) is 9.88 Å². The van der Waals surface area contributed by atoms with E-state index in [0.717, 1.165) is 5.56 Å². The van der Waals surface area contributed by atoms with Gasteiger partial charge in [-0.3, -0.25) is 0 Å². The quantitative estimate of drug-likeness (QED) is 0.838. The molecule has 4 nitrogen and oxygen atoms in total. The van der Waals surface area contributed by atoms with E-state index >= 15 is 0 Å². The van der Waals surface area contributed by atoms with E-state index in [0.29, 0.717) is 10.7 Å². The fraction of sp³-hybridized carbons (Fsp3) is 0.200. The van der Waals surface area contributed by atoms with Crippen LogP contribution in [0.5, 0.6) is 0 Å². The number of halogens is 2. The number of hydrogen-bond acceptors (Lipinski definition) is 2. The molecule has 1 aromatic heterocycles. The first-order valence-corrected chi connectivity index (χ1v) is 7.15. The summed E-state index contributed by atoms with van der Waals surface area (Å²) in [7, 11) is 1.70. The second-order valence-corrected chi connectivity index (χ2v) is 5.35. The largest absolute Gasteiger partial charge is 0.322 e. The maximum absolute atomic E-state index is 12.3. The predicted octanol–water partition coefficient (Wildman–Crippen LogP) is 4.61. The standard InChI is InChI=1S/C15H15Cl2N3O/c1-10(11-6-3-4-7-12(11)16)20(2)15(21)19-13-8-5-9-18-14(13)17/h3-10H,1-2H3,(H,19,21). The van der Waals surface area contributed by atoms with E-state index in [1.807, 2.05) is 25.1 Å². The van der Waals surface area contributed by atoms with E-state index in [1.54, 1.807) is 36.3 Å². The number of carbonyl (C=O) groups excluding carboxylic acids is 1. The van der Waals surface area contributed by atoms with Crippen LogP contribution in [0.4, 0.5) is 10.5 Å². The topological polar surface area (TPSA) is 45.2 Å². The molecule has 1 unspecified atom stereocenters. The number of nitrogens with zero attached hydrogens (tertiary/aromatic N) is 2. The molecule has 0 saturated heterocycles. The van der Waals surface area contributed by atoms with Gasteiger partial charge < -0.3 is 10.2 Å². The van der Waals surface area contributed by atoms with Gasteiger partial charge in [-0.1, -0.05) is 41.4 Å². The Kier molecular flexibility index (Phi) is 5.04. The molecule has 6 heteroatoms. The molecule has 1 aromatic carbocycles. The van der Waals surface area contributed by atoms with Crippen LogP contribution in [0.3, 0.4) is 0 Å². The molecule has 1 atom stereocenters. The number of amides is 2. The minimum absolute atomic E-state index is 0.172. The molecule has 0 aliphatic rings. The number of carbonyl (C=O) groups is 1. The van der Waals surface area contributed by atoms with Crippen LogP contribution < -0.4 is 5.32 Å². The Bertz CT molecular complexity index is 648. The predicted molar refractivity (Wildman–Crippen MR) is 85.9 cm³/mol. The first-order chi connectivity index (χ1) is 10.0. The van der Waals surface area contributed by atoms with Gasteiger partial charge in [0.25, 0.3) is 0 Å². The molecular weight excluding hydrogens is 309 g/mol. The summed E-state index contributed by atoms with van der Waals surface area (Å²) in [4.78, 5) is 17.8. The molecule has 2 rings (SSSR count). The average Bonchev–Trinajstić information content (AvgIpc) is 2.48. The van der Waals surface area contributed by atoms with E-state index < -0.39 is 0 Å². The van der Waals surface area contributed by atoms with Gasteiger partial charge >= 0.3 is 6.03 Å². The Morgan fingerprint density at radius 2 is 1.95 bits per heavy atom. The SMILES string of the molecule is CC(c1ccccc1Cl)N(C)C(=O)Nc1cccnc1Cl. The van der Waals surface area contributed by atoms with Crippen LogP contribution in [0.2, 0.25) is 10.2 Å². The summed E-state index contributed by atoms with van der Waals surface area (Å²) in [6, 6.07) is 10.4. The van der Waals surface area contributed by atoms with Gasteiger partial charge in [-0.25, -0.2) is 9.78 Å². The highest BCUT2D eigenvalue weighted by atomic mass is 35.5. The molecule has 0 fully saturated rings. The molecule has 110 valence electrons. The third-order valence-electron chi connectivity index (χ3n) is 3.26. The minimum atomic E-state index is -0.280. The number of pyridine rings is 1. The highest BCUT2D eigenvalue weighted by Crippen LogP contribution is 2.27. The molecule has 1 heterocycles. The summed E-state index contributed by atoms with van der Waals surface area (Å²) in [5, 5.41) is 3.61. The Hall–Kier alpha value is -1.78. The molecule has 0 radical (unpaired) electrons. The fourth-order valence-corrected chi connectivity index (χ4v) is 2.34. The minimum Gasteiger partial charge on any atom is -0.321 e. The second kappa shape index (κ2) is 6.78. The van der Waals surface area contributed by atoms with Crippen molar-refractivity contribution in [2.45, 2.75) is 13.0 Å². The Morgan fingerprint density at radius 3 is 2.62 bits per heavy atom. The van der Waals surface area contributed by atoms with Crippen molar-refractivity contribution in [2.75, 3.05) is 12.4 Å². The van der Waals surface area contributed by atoms with Gasteiger partial charge in [-0.2, -0.15) is 0 Å². The Morgan fingerprint density at radius 1 is 1.24 bits per heavy atom. The molecule has 21 heavy (non-hydrogen) atoms. The zero-order valence-electron chi connectivity index (χ0n) is 11.7. The molecular formula is C15H15Cl2N3O. The lowest BCUT2D eigenvalue weighted by molar-refractivity contribution is 0.208. The van der Waals surface area contributed by atoms with Gasteiger partial charge in [0.05, 0.1) is 11.7 Å². The Labute approximate surface area is 133 Å². The highest BCUT2D eigenvalue weighted by molar-refractivity contribution is 6.32. The first-order valence-electron chi connectivity index (χ1n) is 6.39. The van der Waals surface area contributed by atoms with Crippen molar-refractivity contribution in [3.05, 3.63) is 58.3 Å². The van der Waals surface area contributed by atoms with E-state index in [1.165, 1.54) is 0 Å². The molecule has 2 aromatic rings. The number of rotatable bonds is 3. The lowest BCUT2D eigenvalue weighted by Crippen LogP contribution is -2.33. The summed E-state index contributed by atoms with van der Waals surface area (Å²) in [6.45, 7) is 1.91. The van der Waals surface area contributed by atoms with E-state index in [9.17, 15) is 4.79 Å². The van der Waals surface area contributed by atoms with Crippen LogP contribution >= 0.6 is 23.2 Å². The maximum atomic E-state index is 12.3. The smallest absolute Gasteiger partial charge is 0.321 e. The van der Waals surface area contributed by atoms with Gasteiger partial charge in [0.1, 0.15) is 0 Å². The summed E-state index contributed by atoms with van der Waals surface area (Å²) >= 11 is 12.1.